The molecule has 1 aromatic carbocycles. The molecule has 19 heavy (non-hydrogen) atoms. The molecular formula is C12H17NO5S. The smallest absolute Gasteiger partial charge is 0.161 e. The average Bonchev–Trinajstić information content (AvgIpc) is 2.36. The van der Waals surface area contributed by atoms with Gasteiger partial charge >= 0.3 is 0 Å². The molecule has 1 atom stereocenters. The van der Waals surface area contributed by atoms with Crippen LogP contribution in [0.5, 0.6) is 11.5 Å². The molecule has 0 radical (unpaired) electrons. The summed E-state index contributed by atoms with van der Waals surface area (Å²) in [5.74, 6) is 1.03. The maximum atomic E-state index is 11.1. The predicted molar refractivity (Wildman–Crippen MR) is 70.1 cm³/mol. The number of hydrogen-bond donors (Lipinski definition) is 2. The van der Waals surface area contributed by atoms with Gasteiger partial charge in [-0.1, -0.05) is 6.07 Å². The van der Waals surface area contributed by atoms with Crippen LogP contribution < -0.4 is 15.2 Å². The molecule has 1 aromatic rings. The van der Waals surface area contributed by atoms with Gasteiger partial charge in [0.1, 0.15) is 6.10 Å². The minimum Gasteiger partial charge on any atom is -0.493 e. The number of aliphatic hydroxyl groups excluding tert-OH is 1. The molecule has 1 fully saturated rings. The van der Waals surface area contributed by atoms with Gasteiger partial charge in [-0.3, -0.25) is 0 Å². The molecule has 1 aliphatic heterocycles. The molecule has 106 valence electrons. The first-order chi connectivity index (χ1) is 8.95. The highest BCUT2D eigenvalue weighted by atomic mass is 32.2. The third-order valence-electron chi connectivity index (χ3n) is 2.99. The lowest BCUT2D eigenvalue weighted by atomic mass is 10.1. The molecule has 1 saturated heterocycles. The SMILES string of the molecule is COc1cc(C(N)CO)ccc1OC1CS(=O)(=O)C1. The molecule has 0 saturated carbocycles. The largest absolute Gasteiger partial charge is 0.493 e. The van der Waals surface area contributed by atoms with Crippen LogP contribution in [0.4, 0.5) is 0 Å². The van der Waals surface area contributed by atoms with E-state index in [1.54, 1.807) is 18.2 Å². The Hall–Kier alpha value is -1.31. The summed E-state index contributed by atoms with van der Waals surface area (Å²) >= 11 is 0. The average molecular weight is 287 g/mol. The van der Waals surface area contributed by atoms with E-state index in [9.17, 15) is 8.42 Å². The van der Waals surface area contributed by atoms with E-state index in [0.29, 0.717) is 11.5 Å². The van der Waals surface area contributed by atoms with Gasteiger partial charge in [-0.05, 0) is 17.7 Å². The van der Waals surface area contributed by atoms with Gasteiger partial charge in [0, 0.05) is 0 Å². The van der Waals surface area contributed by atoms with Crippen molar-refractivity contribution in [1.82, 2.24) is 0 Å². The summed E-state index contributed by atoms with van der Waals surface area (Å²) in [4.78, 5) is 0. The Morgan fingerprint density at radius 3 is 2.63 bits per heavy atom. The van der Waals surface area contributed by atoms with Crippen molar-refractivity contribution in [1.29, 1.82) is 0 Å². The summed E-state index contributed by atoms with van der Waals surface area (Å²) in [7, 11) is -1.42. The minimum atomic E-state index is -2.91. The fraction of sp³-hybridized carbons (Fsp3) is 0.500. The molecule has 6 nitrogen and oxygen atoms in total. The van der Waals surface area contributed by atoms with Crippen LogP contribution >= 0.6 is 0 Å². The molecule has 0 bridgehead atoms. The normalized spacial score (nSPS) is 19.5. The van der Waals surface area contributed by atoms with Crippen LogP contribution in [-0.4, -0.2) is 44.9 Å². The molecule has 0 spiro atoms. The van der Waals surface area contributed by atoms with E-state index in [2.05, 4.69) is 0 Å². The second-order valence-corrected chi connectivity index (χ2v) is 6.67. The fourth-order valence-electron chi connectivity index (χ4n) is 1.88. The number of aliphatic hydroxyl groups is 1. The van der Waals surface area contributed by atoms with Gasteiger partial charge in [-0.25, -0.2) is 8.42 Å². The van der Waals surface area contributed by atoms with Crippen molar-refractivity contribution in [2.75, 3.05) is 25.2 Å². The van der Waals surface area contributed by atoms with Gasteiger partial charge in [0.25, 0.3) is 0 Å². The van der Waals surface area contributed by atoms with E-state index in [4.69, 9.17) is 20.3 Å². The zero-order chi connectivity index (χ0) is 14.0. The lowest BCUT2D eigenvalue weighted by Crippen LogP contribution is -2.45. The topological polar surface area (TPSA) is 98.8 Å². The van der Waals surface area contributed by atoms with Crippen LogP contribution in [0, 0.1) is 0 Å². The molecule has 2 rings (SSSR count). The minimum absolute atomic E-state index is 0.0358. The number of ether oxygens (including phenoxy) is 2. The highest BCUT2D eigenvalue weighted by molar-refractivity contribution is 7.92. The van der Waals surface area contributed by atoms with Crippen molar-refractivity contribution >= 4 is 9.84 Å². The molecule has 0 aliphatic carbocycles. The van der Waals surface area contributed by atoms with Crippen molar-refractivity contribution in [2.45, 2.75) is 12.1 Å². The van der Waals surface area contributed by atoms with Crippen molar-refractivity contribution in [3.05, 3.63) is 23.8 Å². The van der Waals surface area contributed by atoms with Crippen molar-refractivity contribution < 1.29 is 23.0 Å². The van der Waals surface area contributed by atoms with E-state index < -0.39 is 15.9 Å². The molecule has 1 unspecified atom stereocenters. The number of benzene rings is 1. The van der Waals surface area contributed by atoms with Gasteiger partial charge in [0.05, 0.1) is 31.3 Å². The van der Waals surface area contributed by atoms with Gasteiger partial charge < -0.3 is 20.3 Å². The number of sulfone groups is 1. The third-order valence-corrected chi connectivity index (χ3v) is 4.75. The molecule has 3 N–H and O–H groups in total. The van der Waals surface area contributed by atoms with Crippen LogP contribution in [0.2, 0.25) is 0 Å². The summed E-state index contributed by atoms with van der Waals surface area (Å²) < 4.78 is 32.9. The first-order valence-electron chi connectivity index (χ1n) is 5.86. The van der Waals surface area contributed by atoms with Gasteiger partial charge in [0.2, 0.25) is 0 Å². The van der Waals surface area contributed by atoms with E-state index in [1.165, 1.54) is 7.11 Å². The number of hydrogen-bond acceptors (Lipinski definition) is 6. The van der Waals surface area contributed by atoms with E-state index in [0.717, 1.165) is 5.56 Å². The molecule has 7 heteroatoms. The molecule has 1 aliphatic rings. The lowest BCUT2D eigenvalue weighted by Gasteiger charge is -2.27. The Bertz CT molecular complexity index is 545. The van der Waals surface area contributed by atoms with Gasteiger partial charge in [0.15, 0.2) is 21.3 Å². The highest BCUT2D eigenvalue weighted by Crippen LogP contribution is 2.32. The zero-order valence-electron chi connectivity index (χ0n) is 10.6. The molecule has 0 amide bonds. The predicted octanol–water partition coefficient (Wildman–Crippen LogP) is -0.137. The Morgan fingerprint density at radius 2 is 2.11 bits per heavy atom. The van der Waals surface area contributed by atoms with Crippen LogP contribution in [0.25, 0.3) is 0 Å². The highest BCUT2D eigenvalue weighted by Gasteiger charge is 2.35. The summed E-state index contributed by atoms with van der Waals surface area (Å²) in [6.45, 7) is -0.162. The van der Waals surface area contributed by atoms with Gasteiger partial charge in [-0.15, -0.1) is 0 Å². The van der Waals surface area contributed by atoms with Crippen molar-refractivity contribution in [3.8, 4) is 11.5 Å². The maximum Gasteiger partial charge on any atom is 0.161 e. The lowest BCUT2D eigenvalue weighted by molar-refractivity contribution is 0.219. The summed E-state index contributed by atoms with van der Waals surface area (Å²) in [6.07, 6.45) is -0.323. The summed E-state index contributed by atoms with van der Waals surface area (Å²) in [5, 5.41) is 9.01. The fourth-order valence-corrected chi connectivity index (χ4v) is 3.05. The monoisotopic (exact) mass is 287 g/mol. The van der Waals surface area contributed by atoms with E-state index in [1.807, 2.05) is 0 Å². The zero-order valence-corrected chi connectivity index (χ0v) is 11.4. The maximum absolute atomic E-state index is 11.1. The van der Waals surface area contributed by atoms with E-state index in [-0.39, 0.29) is 24.2 Å². The van der Waals surface area contributed by atoms with Gasteiger partial charge in [-0.2, -0.15) is 0 Å². The molecule has 0 aromatic heterocycles. The first kappa shape index (κ1) is 14.1. The Kier molecular flexibility index (Phi) is 3.98. The third kappa shape index (κ3) is 3.17. The van der Waals surface area contributed by atoms with Crippen LogP contribution in [-0.2, 0) is 9.84 Å². The first-order valence-corrected chi connectivity index (χ1v) is 7.69. The van der Waals surface area contributed by atoms with Crippen molar-refractivity contribution in [2.24, 2.45) is 5.73 Å². The van der Waals surface area contributed by atoms with E-state index >= 15 is 0 Å². The standard InChI is InChI=1S/C12H17NO5S/c1-17-12-4-8(10(13)5-14)2-3-11(12)18-9-6-19(15,16)7-9/h2-4,9-10,14H,5-7,13H2,1H3. The number of nitrogens with two attached hydrogens (primary N) is 1. The number of rotatable bonds is 5. The van der Waals surface area contributed by atoms with Crippen LogP contribution in [0.1, 0.15) is 11.6 Å². The van der Waals surface area contributed by atoms with Crippen LogP contribution in [0.3, 0.4) is 0 Å². The summed E-state index contributed by atoms with van der Waals surface area (Å²) in [5.41, 5.74) is 6.45. The molecular weight excluding hydrogens is 270 g/mol. The second kappa shape index (κ2) is 5.36. The molecule has 1 heterocycles. The Morgan fingerprint density at radius 1 is 1.42 bits per heavy atom. The van der Waals surface area contributed by atoms with Crippen molar-refractivity contribution in [3.63, 3.8) is 0 Å². The quantitative estimate of drug-likeness (QED) is 0.782. The second-order valence-electron chi connectivity index (χ2n) is 4.52. The Balaban J connectivity index is 2.13. The van der Waals surface area contributed by atoms with Crippen LogP contribution in [0.15, 0.2) is 18.2 Å². The Labute approximate surface area is 112 Å². The summed E-state index contributed by atoms with van der Waals surface area (Å²) in [6, 6.07) is 4.61. The number of methoxy groups -OCH3 is 1.